The molecule has 1 aromatic heterocycles. The van der Waals surface area contributed by atoms with Gasteiger partial charge in [-0.1, -0.05) is 66.7 Å². The highest BCUT2D eigenvalue weighted by Crippen LogP contribution is 2.32. The first kappa shape index (κ1) is 18.8. The molecule has 4 rings (SSSR count). The van der Waals surface area contributed by atoms with Gasteiger partial charge >= 0.3 is 5.89 Å². The highest BCUT2D eigenvalue weighted by Gasteiger charge is 2.28. The zero-order valence-corrected chi connectivity index (χ0v) is 16.8. The average molecular weight is 381 g/mol. The van der Waals surface area contributed by atoms with Gasteiger partial charge < -0.3 is 9.32 Å². The SMILES string of the molecule is CC[n+]1c(C=CN(C)c2ccccc2)oc(-c2ccccc2)c1-c1ccccc1. The summed E-state index contributed by atoms with van der Waals surface area (Å²) in [6.07, 6.45) is 4.08. The maximum absolute atomic E-state index is 6.41. The minimum Gasteiger partial charge on any atom is -0.397 e. The van der Waals surface area contributed by atoms with Crippen LogP contribution in [0.25, 0.3) is 28.7 Å². The second-order valence-corrected chi connectivity index (χ2v) is 6.86. The van der Waals surface area contributed by atoms with Crippen molar-refractivity contribution in [2.75, 3.05) is 11.9 Å². The van der Waals surface area contributed by atoms with Gasteiger partial charge in [-0.3, -0.25) is 0 Å². The van der Waals surface area contributed by atoms with Gasteiger partial charge in [0.1, 0.15) is 6.54 Å². The highest BCUT2D eigenvalue weighted by molar-refractivity contribution is 5.75. The molecular weight excluding hydrogens is 356 g/mol. The Morgan fingerprint density at radius 3 is 1.93 bits per heavy atom. The van der Waals surface area contributed by atoms with E-state index in [2.05, 4.69) is 64.9 Å². The van der Waals surface area contributed by atoms with Crippen molar-refractivity contribution in [3.63, 3.8) is 0 Å². The van der Waals surface area contributed by atoms with Crippen LogP contribution in [0.5, 0.6) is 0 Å². The molecule has 0 saturated carbocycles. The number of oxazole rings is 1. The Balaban J connectivity index is 1.81. The molecule has 0 bridgehead atoms. The second kappa shape index (κ2) is 8.61. The van der Waals surface area contributed by atoms with Crippen molar-refractivity contribution in [1.29, 1.82) is 0 Å². The van der Waals surface area contributed by atoms with Gasteiger partial charge in [-0.2, -0.15) is 4.57 Å². The molecule has 3 heteroatoms. The van der Waals surface area contributed by atoms with Gasteiger partial charge in [-0.25, -0.2) is 0 Å². The fourth-order valence-electron chi connectivity index (χ4n) is 3.47. The smallest absolute Gasteiger partial charge is 0.375 e. The van der Waals surface area contributed by atoms with Crippen LogP contribution >= 0.6 is 0 Å². The molecule has 0 radical (unpaired) electrons. The lowest BCUT2D eigenvalue weighted by molar-refractivity contribution is -0.687. The predicted octanol–water partition coefficient (Wildman–Crippen LogP) is 6.03. The Morgan fingerprint density at radius 2 is 1.34 bits per heavy atom. The van der Waals surface area contributed by atoms with E-state index in [0.29, 0.717) is 0 Å². The van der Waals surface area contributed by atoms with Gasteiger partial charge in [0.2, 0.25) is 5.76 Å². The first-order valence-corrected chi connectivity index (χ1v) is 9.91. The predicted molar refractivity (Wildman–Crippen MR) is 119 cm³/mol. The zero-order valence-electron chi connectivity index (χ0n) is 16.8. The number of anilines is 1. The minimum atomic E-state index is 0.815. The largest absolute Gasteiger partial charge is 0.397 e. The molecule has 0 amide bonds. The third-order valence-electron chi connectivity index (χ3n) is 4.96. The van der Waals surface area contributed by atoms with Crippen LogP contribution in [-0.4, -0.2) is 7.05 Å². The van der Waals surface area contributed by atoms with Gasteiger partial charge in [0.25, 0.3) is 5.69 Å². The maximum atomic E-state index is 6.41. The number of hydrogen-bond donors (Lipinski definition) is 0. The summed E-state index contributed by atoms with van der Waals surface area (Å²) in [5.74, 6) is 1.72. The van der Waals surface area contributed by atoms with Crippen molar-refractivity contribution in [1.82, 2.24) is 0 Å². The summed E-state index contributed by atoms with van der Waals surface area (Å²) in [5.41, 5.74) is 4.45. The molecule has 0 atom stereocenters. The van der Waals surface area contributed by atoms with E-state index in [1.54, 1.807) is 0 Å². The van der Waals surface area contributed by atoms with Crippen LogP contribution in [0.15, 0.2) is 102 Å². The summed E-state index contributed by atoms with van der Waals surface area (Å²) in [7, 11) is 2.04. The van der Waals surface area contributed by atoms with E-state index in [1.165, 1.54) is 0 Å². The third kappa shape index (κ3) is 3.99. The summed E-state index contributed by atoms with van der Waals surface area (Å²) >= 11 is 0. The van der Waals surface area contributed by atoms with Crippen molar-refractivity contribution in [2.24, 2.45) is 0 Å². The molecule has 1 heterocycles. The Morgan fingerprint density at radius 1 is 0.793 bits per heavy atom. The van der Waals surface area contributed by atoms with E-state index in [-0.39, 0.29) is 0 Å². The number of nitrogens with zero attached hydrogens (tertiary/aromatic N) is 2. The lowest BCUT2D eigenvalue weighted by Crippen LogP contribution is -2.35. The monoisotopic (exact) mass is 381 g/mol. The summed E-state index contributed by atoms with van der Waals surface area (Å²) in [5, 5.41) is 0. The van der Waals surface area contributed by atoms with Gasteiger partial charge in [0.15, 0.2) is 0 Å². The average Bonchev–Trinajstić information content (AvgIpc) is 3.17. The molecule has 29 heavy (non-hydrogen) atoms. The first-order valence-electron chi connectivity index (χ1n) is 9.91. The van der Waals surface area contributed by atoms with E-state index in [4.69, 9.17) is 4.42 Å². The molecule has 0 spiro atoms. The molecule has 0 unspecified atom stereocenters. The van der Waals surface area contributed by atoms with Crippen molar-refractivity contribution >= 4 is 11.8 Å². The molecule has 0 fully saturated rings. The molecule has 3 nitrogen and oxygen atoms in total. The minimum absolute atomic E-state index is 0.815. The van der Waals surface area contributed by atoms with Gasteiger partial charge in [0, 0.05) is 24.5 Å². The molecule has 4 aromatic rings. The van der Waals surface area contributed by atoms with Crippen LogP contribution in [0.4, 0.5) is 5.69 Å². The van der Waals surface area contributed by atoms with Crippen LogP contribution < -0.4 is 9.47 Å². The van der Waals surface area contributed by atoms with E-state index in [9.17, 15) is 0 Å². The number of aromatic nitrogens is 1. The Bertz CT molecular complexity index is 1080. The van der Waals surface area contributed by atoms with Crippen LogP contribution in [0, 0.1) is 0 Å². The lowest BCUT2D eigenvalue weighted by Gasteiger charge is -2.12. The van der Waals surface area contributed by atoms with Crippen molar-refractivity contribution < 1.29 is 8.98 Å². The summed E-state index contributed by atoms with van der Waals surface area (Å²) in [6, 6.07) is 31.0. The topological polar surface area (TPSA) is 20.3 Å². The van der Waals surface area contributed by atoms with E-state index in [1.807, 2.05) is 61.8 Å². The fraction of sp³-hybridized carbons (Fsp3) is 0.115. The molecule has 0 aliphatic rings. The van der Waals surface area contributed by atoms with Gasteiger partial charge in [-0.05, 0) is 31.2 Å². The van der Waals surface area contributed by atoms with E-state index < -0.39 is 0 Å². The molecule has 0 N–H and O–H groups in total. The van der Waals surface area contributed by atoms with Gasteiger partial charge in [-0.15, -0.1) is 0 Å². The van der Waals surface area contributed by atoms with Crippen molar-refractivity contribution in [3.8, 4) is 22.6 Å². The van der Waals surface area contributed by atoms with Gasteiger partial charge in [0.05, 0.1) is 11.6 Å². The van der Waals surface area contributed by atoms with Crippen LogP contribution in [0.2, 0.25) is 0 Å². The standard InChI is InChI=1S/C26H25N2O/c1-3-28-24(19-20-27(2)23-17-11-6-12-18-23)29-26(22-15-9-5-10-16-22)25(28)21-13-7-4-8-14-21/h4-20H,3H2,1-2H3/q+1. The quantitative estimate of drug-likeness (QED) is 0.380. The number of benzene rings is 3. The van der Waals surface area contributed by atoms with E-state index >= 15 is 0 Å². The Hall–Kier alpha value is -3.59. The Kier molecular flexibility index (Phi) is 5.57. The molecular formula is C26H25N2O+. The summed E-state index contributed by atoms with van der Waals surface area (Å²) in [6.45, 7) is 2.96. The highest BCUT2D eigenvalue weighted by atomic mass is 16.4. The number of rotatable bonds is 6. The number of hydrogen-bond acceptors (Lipinski definition) is 2. The third-order valence-corrected chi connectivity index (χ3v) is 4.96. The maximum Gasteiger partial charge on any atom is 0.375 e. The van der Waals surface area contributed by atoms with E-state index in [0.717, 1.165) is 40.7 Å². The zero-order chi connectivity index (χ0) is 20.1. The fourth-order valence-corrected chi connectivity index (χ4v) is 3.47. The summed E-state index contributed by atoms with van der Waals surface area (Å²) in [4.78, 5) is 2.09. The van der Waals surface area contributed by atoms with Crippen molar-refractivity contribution in [3.05, 3.63) is 103 Å². The summed E-state index contributed by atoms with van der Waals surface area (Å²) < 4.78 is 8.64. The molecule has 0 saturated heterocycles. The molecule has 0 aliphatic heterocycles. The lowest BCUT2D eigenvalue weighted by atomic mass is 10.1. The van der Waals surface area contributed by atoms with Crippen molar-refractivity contribution in [2.45, 2.75) is 13.5 Å². The first-order chi connectivity index (χ1) is 14.3. The van der Waals surface area contributed by atoms with Crippen LogP contribution in [0.3, 0.4) is 0 Å². The van der Waals surface area contributed by atoms with Crippen LogP contribution in [0.1, 0.15) is 12.8 Å². The number of para-hydroxylation sites is 1. The second-order valence-electron chi connectivity index (χ2n) is 6.86. The normalized spacial score (nSPS) is 11.1. The molecule has 144 valence electrons. The Labute approximate surface area is 172 Å². The molecule has 0 aliphatic carbocycles. The molecule has 3 aromatic carbocycles. The van der Waals surface area contributed by atoms with Crippen LogP contribution in [-0.2, 0) is 6.54 Å².